The van der Waals surface area contributed by atoms with Crippen molar-refractivity contribution >= 4 is 0 Å². The van der Waals surface area contributed by atoms with E-state index in [4.69, 9.17) is 5.73 Å². The molecule has 2 saturated carbocycles. The van der Waals surface area contributed by atoms with E-state index in [0.29, 0.717) is 5.54 Å². The molecule has 2 fully saturated rings. The highest BCUT2D eigenvalue weighted by Crippen LogP contribution is 2.46. The summed E-state index contributed by atoms with van der Waals surface area (Å²) in [5.74, 6) is 0.917. The largest absolute Gasteiger partial charge is 0.325 e. The van der Waals surface area contributed by atoms with Gasteiger partial charge in [-0.05, 0) is 31.6 Å². The molecule has 0 aromatic rings. The minimum absolute atomic E-state index is 0.306. The lowest BCUT2D eigenvalue weighted by atomic mass is 9.93. The smallest absolute Gasteiger partial charge is 0.0182 e. The molecule has 2 rings (SSSR count). The summed E-state index contributed by atoms with van der Waals surface area (Å²) in [5.41, 5.74) is 6.47. The van der Waals surface area contributed by atoms with Crippen LogP contribution in [0.3, 0.4) is 0 Å². The molecule has 9 heavy (non-hydrogen) atoms. The molecule has 0 saturated heterocycles. The normalized spacial score (nSPS) is 33.0. The van der Waals surface area contributed by atoms with Crippen molar-refractivity contribution in [2.24, 2.45) is 11.7 Å². The predicted molar refractivity (Wildman–Crippen MR) is 38.1 cm³/mol. The van der Waals surface area contributed by atoms with E-state index < -0.39 is 0 Å². The van der Waals surface area contributed by atoms with Crippen LogP contribution in [0.4, 0.5) is 0 Å². The summed E-state index contributed by atoms with van der Waals surface area (Å²) in [7, 11) is 0. The molecule has 2 aliphatic carbocycles. The lowest BCUT2D eigenvalue weighted by Crippen LogP contribution is -2.38. The molecule has 0 atom stereocenters. The van der Waals surface area contributed by atoms with Gasteiger partial charge in [0.2, 0.25) is 0 Å². The van der Waals surface area contributed by atoms with Crippen LogP contribution in [0.15, 0.2) is 0 Å². The van der Waals surface area contributed by atoms with Gasteiger partial charge in [-0.3, -0.25) is 0 Å². The maximum atomic E-state index is 6.16. The number of rotatable bonds is 1. The number of nitrogens with two attached hydrogens (primary N) is 1. The van der Waals surface area contributed by atoms with Crippen molar-refractivity contribution in [3.05, 3.63) is 0 Å². The van der Waals surface area contributed by atoms with Crippen LogP contribution in [0.2, 0.25) is 0 Å². The minimum Gasteiger partial charge on any atom is -0.325 e. The first-order chi connectivity index (χ1) is 4.31. The van der Waals surface area contributed by atoms with E-state index in [1.807, 2.05) is 0 Å². The lowest BCUT2D eigenvalue weighted by Gasteiger charge is -2.22. The topological polar surface area (TPSA) is 26.0 Å². The standard InChI is InChI=1S/C8H15N/c9-8(7-3-4-7)5-1-2-6-8/h7H,1-6,9H2. The maximum Gasteiger partial charge on any atom is 0.0182 e. The van der Waals surface area contributed by atoms with Crippen LogP contribution in [-0.2, 0) is 0 Å². The molecular formula is C8H15N. The molecular weight excluding hydrogens is 110 g/mol. The Kier molecular flexibility index (Phi) is 1.10. The first kappa shape index (κ1) is 5.72. The SMILES string of the molecule is NC1(C2CC2)CCCC1. The summed E-state index contributed by atoms with van der Waals surface area (Å²) < 4.78 is 0. The molecule has 0 amide bonds. The van der Waals surface area contributed by atoms with Gasteiger partial charge in [0.15, 0.2) is 0 Å². The summed E-state index contributed by atoms with van der Waals surface area (Å²) in [6.07, 6.45) is 8.20. The van der Waals surface area contributed by atoms with Crippen molar-refractivity contribution in [2.45, 2.75) is 44.1 Å². The van der Waals surface area contributed by atoms with Crippen molar-refractivity contribution in [1.29, 1.82) is 0 Å². The van der Waals surface area contributed by atoms with Gasteiger partial charge in [-0.1, -0.05) is 12.8 Å². The molecule has 0 bridgehead atoms. The fraction of sp³-hybridized carbons (Fsp3) is 1.00. The number of hydrogen-bond acceptors (Lipinski definition) is 1. The van der Waals surface area contributed by atoms with E-state index >= 15 is 0 Å². The van der Waals surface area contributed by atoms with Crippen molar-refractivity contribution in [3.63, 3.8) is 0 Å². The third-order valence-corrected chi connectivity index (χ3v) is 2.92. The summed E-state index contributed by atoms with van der Waals surface area (Å²) in [4.78, 5) is 0. The van der Waals surface area contributed by atoms with Crippen molar-refractivity contribution in [1.82, 2.24) is 0 Å². The average molecular weight is 125 g/mol. The van der Waals surface area contributed by atoms with Gasteiger partial charge >= 0.3 is 0 Å². The fourth-order valence-electron chi connectivity index (χ4n) is 2.10. The van der Waals surface area contributed by atoms with Crippen LogP contribution in [0.5, 0.6) is 0 Å². The summed E-state index contributed by atoms with van der Waals surface area (Å²) in [5, 5.41) is 0. The first-order valence-corrected chi connectivity index (χ1v) is 4.10. The Bertz CT molecular complexity index is 110. The van der Waals surface area contributed by atoms with Crippen molar-refractivity contribution < 1.29 is 0 Å². The van der Waals surface area contributed by atoms with Gasteiger partial charge < -0.3 is 5.73 Å². The van der Waals surface area contributed by atoms with Gasteiger partial charge in [-0.2, -0.15) is 0 Å². The van der Waals surface area contributed by atoms with E-state index in [1.54, 1.807) is 0 Å². The van der Waals surface area contributed by atoms with Crippen molar-refractivity contribution in [2.75, 3.05) is 0 Å². The minimum atomic E-state index is 0.306. The monoisotopic (exact) mass is 125 g/mol. The highest BCUT2D eigenvalue weighted by molar-refractivity contribution is 5.01. The van der Waals surface area contributed by atoms with Crippen LogP contribution in [0.1, 0.15) is 38.5 Å². The maximum absolute atomic E-state index is 6.16. The third kappa shape index (κ3) is 0.877. The Morgan fingerprint density at radius 2 is 1.67 bits per heavy atom. The van der Waals surface area contributed by atoms with E-state index in [-0.39, 0.29) is 0 Å². The molecule has 0 aromatic carbocycles. The molecule has 2 aliphatic rings. The van der Waals surface area contributed by atoms with Crippen LogP contribution in [0, 0.1) is 5.92 Å². The average Bonchev–Trinajstić information content (AvgIpc) is 2.60. The zero-order chi connectivity index (χ0) is 6.32. The molecule has 1 nitrogen and oxygen atoms in total. The van der Waals surface area contributed by atoms with Gasteiger partial charge in [-0.25, -0.2) is 0 Å². The molecule has 0 heterocycles. The highest BCUT2D eigenvalue weighted by atomic mass is 14.8. The predicted octanol–water partition coefficient (Wildman–Crippen LogP) is 1.67. The Balaban J connectivity index is 2.02. The second-order valence-electron chi connectivity index (χ2n) is 3.71. The summed E-state index contributed by atoms with van der Waals surface area (Å²) >= 11 is 0. The molecule has 0 spiro atoms. The molecule has 2 N–H and O–H groups in total. The van der Waals surface area contributed by atoms with Crippen LogP contribution >= 0.6 is 0 Å². The molecule has 1 heteroatoms. The second-order valence-corrected chi connectivity index (χ2v) is 3.71. The molecule has 0 radical (unpaired) electrons. The van der Waals surface area contributed by atoms with Gasteiger partial charge in [0.05, 0.1) is 0 Å². The van der Waals surface area contributed by atoms with Gasteiger partial charge in [-0.15, -0.1) is 0 Å². The highest BCUT2D eigenvalue weighted by Gasteiger charge is 2.43. The van der Waals surface area contributed by atoms with E-state index in [1.165, 1.54) is 38.5 Å². The number of hydrogen-bond donors (Lipinski definition) is 1. The Morgan fingerprint density at radius 3 is 2.11 bits per heavy atom. The lowest BCUT2D eigenvalue weighted by molar-refractivity contribution is 0.382. The van der Waals surface area contributed by atoms with E-state index in [2.05, 4.69) is 0 Å². The Labute approximate surface area is 56.6 Å². The molecule has 0 unspecified atom stereocenters. The zero-order valence-corrected chi connectivity index (χ0v) is 5.90. The zero-order valence-electron chi connectivity index (χ0n) is 5.90. The summed E-state index contributed by atoms with van der Waals surface area (Å²) in [6, 6.07) is 0. The summed E-state index contributed by atoms with van der Waals surface area (Å²) in [6.45, 7) is 0. The second kappa shape index (κ2) is 1.72. The Hall–Kier alpha value is -0.0400. The van der Waals surface area contributed by atoms with Gasteiger partial charge in [0, 0.05) is 5.54 Å². The quantitative estimate of drug-likeness (QED) is 0.566. The van der Waals surface area contributed by atoms with Crippen molar-refractivity contribution in [3.8, 4) is 0 Å². The van der Waals surface area contributed by atoms with E-state index in [9.17, 15) is 0 Å². The van der Waals surface area contributed by atoms with E-state index in [0.717, 1.165) is 5.92 Å². The van der Waals surface area contributed by atoms with Crippen LogP contribution < -0.4 is 5.73 Å². The van der Waals surface area contributed by atoms with Gasteiger partial charge in [0.25, 0.3) is 0 Å². The molecule has 52 valence electrons. The van der Waals surface area contributed by atoms with Crippen LogP contribution in [0.25, 0.3) is 0 Å². The third-order valence-electron chi connectivity index (χ3n) is 2.92. The first-order valence-electron chi connectivity index (χ1n) is 4.10. The molecule has 0 aliphatic heterocycles. The van der Waals surface area contributed by atoms with Crippen LogP contribution in [-0.4, -0.2) is 5.54 Å². The Morgan fingerprint density at radius 1 is 1.11 bits per heavy atom. The fourth-order valence-corrected chi connectivity index (χ4v) is 2.10. The molecule has 0 aromatic heterocycles. The van der Waals surface area contributed by atoms with Gasteiger partial charge in [0.1, 0.15) is 0 Å².